The van der Waals surface area contributed by atoms with Crippen molar-refractivity contribution in [1.82, 2.24) is 19.6 Å². The van der Waals surface area contributed by atoms with Crippen LogP contribution >= 0.6 is 35.1 Å². The molecule has 12 nitrogen and oxygen atoms in total. The minimum atomic E-state index is -1.52. The summed E-state index contributed by atoms with van der Waals surface area (Å²) in [4.78, 5) is 41.7. The van der Waals surface area contributed by atoms with Crippen molar-refractivity contribution in [2.75, 3.05) is 18.1 Å². The van der Waals surface area contributed by atoms with Crippen LogP contribution in [0.25, 0.3) is 0 Å². The summed E-state index contributed by atoms with van der Waals surface area (Å²) in [5.41, 5.74) is 4.65. The number of hydrogen-bond donors (Lipinski definition) is 4. The summed E-state index contributed by atoms with van der Waals surface area (Å²) in [6.07, 6.45) is 1.43. The molecule has 1 fully saturated rings. The van der Waals surface area contributed by atoms with Crippen LogP contribution in [0.1, 0.15) is 5.82 Å². The van der Waals surface area contributed by atoms with Crippen molar-refractivity contribution in [3.63, 3.8) is 0 Å². The number of thioether (sulfide) groups is 2. The van der Waals surface area contributed by atoms with Crippen LogP contribution in [0.4, 0.5) is 5.13 Å². The summed E-state index contributed by atoms with van der Waals surface area (Å²) in [5.74, 6) is -3.02. The number of nitrogens with one attached hydrogen (secondary N) is 1. The number of carbonyl (C=O) groups excluding carboxylic acids is 3. The maximum absolute atomic E-state index is 12.5. The Bertz CT molecular complexity index is 950. The van der Waals surface area contributed by atoms with Gasteiger partial charge >= 0.3 is 29.6 Å². The number of carboxylic acid groups (broad SMARTS) is 1. The third kappa shape index (κ3) is 4.82. The van der Waals surface area contributed by atoms with Crippen molar-refractivity contribution in [3.05, 3.63) is 27.9 Å². The average Bonchev–Trinajstić information content (AvgIpc) is 3.12. The van der Waals surface area contributed by atoms with E-state index in [0.717, 1.165) is 28.2 Å². The Labute approximate surface area is 204 Å². The van der Waals surface area contributed by atoms with Crippen molar-refractivity contribution < 1.29 is 59.4 Å². The molecule has 0 saturated carbocycles. The molecule has 2 atom stereocenters. The Morgan fingerprint density at radius 2 is 2.23 bits per heavy atom. The number of anilines is 1. The van der Waals surface area contributed by atoms with Gasteiger partial charge in [0.25, 0.3) is 11.8 Å². The zero-order valence-electron chi connectivity index (χ0n) is 15.3. The molecule has 1 aromatic rings. The molecule has 3 heterocycles. The van der Waals surface area contributed by atoms with Gasteiger partial charge in [0.05, 0.1) is 18.3 Å². The van der Waals surface area contributed by atoms with Gasteiger partial charge in [0.1, 0.15) is 11.4 Å². The SMILES string of the molecule is Nc1nc(/C(=N/O)C(=O)NC2C(=O)N3C(C(=O)[O-])=C(S/C=C\CO)CS[C@H]23)ns1.[Na+]. The second-order valence-electron chi connectivity index (χ2n) is 5.50. The maximum atomic E-state index is 12.5. The number of carbonyl (C=O) groups is 3. The van der Waals surface area contributed by atoms with Crippen LogP contribution in [-0.2, 0) is 14.4 Å². The molecule has 5 N–H and O–H groups in total. The van der Waals surface area contributed by atoms with Gasteiger partial charge in [0.2, 0.25) is 11.5 Å². The topological polar surface area (TPSA) is 194 Å². The van der Waals surface area contributed by atoms with E-state index in [-0.39, 0.29) is 58.6 Å². The van der Waals surface area contributed by atoms with Gasteiger partial charge in [-0.25, -0.2) is 0 Å². The summed E-state index contributed by atoms with van der Waals surface area (Å²) in [7, 11) is 0. The van der Waals surface area contributed by atoms with Crippen LogP contribution in [0, 0.1) is 0 Å². The number of amides is 2. The average molecular weight is 480 g/mol. The summed E-state index contributed by atoms with van der Waals surface area (Å²) in [5, 5.41) is 35.6. The Kier molecular flexibility index (Phi) is 8.72. The van der Waals surface area contributed by atoms with Gasteiger partial charge in [-0.2, -0.15) is 9.36 Å². The van der Waals surface area contributed by atoms with Gasteiger partial charge < -0.3 is 31.3 Å². The van der Waals surface area contributed by atoms with Crippen LogP contribution < -0.4 is 45.7 Å². The van der Waals surface area contributed by atoms with Crippen molar-refractivity contribution in [2.45, 2.75) is 11.4 Å². The first-order chi connectivity index (χ1) is 13.9. The van der Waals surface area contributed by atoms with Gasteiger partial charge in [-0.1, -0.05) is 23.0 Å². The van der Waals surface area contributed by atoms with E-state index in [1.54, 1.807) is 0 Å². The second-order valence-corrected chi connectivity index (χ2v) is 8.39. The van der Waals surface area contributed by atoms with Crippen molar-refractivity contribution in [1.29, 1.82) is 0 Å². The molecule has 0 aromatic carbocycles. The number of nitrogens with zero attached hydrogens (tertiary/aromatic N) is 4. The van der Waals surface area contributed by atoms with Crippen molar-refractivity contribution in [3.8, 4) is 0 Å². The number of nitrogens with two attached hydrogens (primary N) is 1. The van der Waals surface area contributed by atoms with Gasteiger partial charge in [-0.3, -0.25) is 14.5 Å². The molecule has 3 rings (SSSR count). The third-order valence-corrected chi connectivity index (χ3v) is 6.75. The molecule has 0 radical (unpaired) electrons. The van der Waals surface area contributed by atoms with Gasteiger partial charge in [-0.15, -0.1) is 11.8 Å². The van der Waals surface area contributed by atoms with Crippen LogP contribution in [0.5, 0.6) is 0 Å². The molecular weight excluding hydrogens is 467 g/mol. The number of β-lactam (4-membered cyclic amide) rings is 1. The van der Waals surface area contributed by atoms with Gasteiger partial charge in [0, 0.05) is 22.2 Å². The Hall–Kier alpha value is -1.62. The number of hydrogen-bond acceptors (Lipinski definition) is 13. The Balaban J connectivity index is 0.00000320. The van der Waals surface area contributed by atoms with E-state index >= 15 is 0 Å². The van der Waals surface area contributed by atoms with E-state index in [1.165, 1.54) is 23.2 Å². The molecule has 30 heavy (non-hydrogen) atoms. The first-order valence-electron chi connectivity index (χ1n) is 7.83. The zero-order chi connectivity index (χ0) is 21.1. The second kappa shape index (κ2) is 10.6. The van der Waals surface area contributed by atoms with E-state index < -0.39 is 34.9 Å². The fraction of sp³-hybridized carbons (Fsp3) is 0.286. The van der Waals surface area contributed by atoms with Crippen molar-refractivity contribution in [2.24, 2.45) is 5.16 Å². The number of aliphatic hydroxyl groups excluding tert-OH is 1. The molecule has 2 amide bonds. The molecule has 16 heteroatoms. The predicted molar refractivity (Wildman–Crippen MR) is 104 cm³/mol. The third-order valence-electron chi connectivity index (χ3n) is 3.79. The molecule has 2 aliphatic heterocycles. The number of rotatable bonds is 7. The molecule has 1 unspecified atom stereocenters. The largest absolute Gasteiger partial charge is 1.00 e. The smallest absolute Gasteiger partial charge is 0.543 e. The molecule has 0 aliphatic carbocycles. The van der Waals surface area contributed by atoms with Crippen molar-refractivity contribution >= 4 is 63.7 Å². The number of aromatic nitrogens is 2. The number of aliphatic hydroxyl groups is 1. The normalized spacial score (nSPS) is 21.2. The maximum Gasteiger partial charge on any atom is 1.00 e. The fourth-order valence-electron chi connectivity index (χ4n) is 2.58. The molecule has 1 aromatic heterocycles. The number of nitrogen functional groups attached to an aromatic ring is 1. The Morgan fingerprint density at radius 3 is 2.80 bits per heavy atom. The summed E-state index contributed by atoms with van der Waals surface area (Å²) in [6, 6.07) is -1.03. The standard InChI is InChI=1S/C14H14N6O6S3.Na/c15-14-17-9(19-29-14)6(18-26)10(22)16-7-11(23)20-8(13(24)25)5(4-28-12(7)20)27-3-1-2-21;/h1,3,7,12,21,26H,2,4H2,(H,16,22)(H,24,25)(H2,15,17,19);/q;+1/p-1/b3-1-,18-6-;/t7?,12-;/m1./s1. The van der Waals surface area contributed by atoms with E-state index in [4.69, 9.17) is 16.0 Å². The predicted octanol–water partition coefficient (Wildman–Crippen LogP) is -5.10. The van der Waals surface area contributed by atoms with E-state index in [2.05, 4.69) is 19.8 Å². The minimum Gasteiger partial charge on any atom is -0.543 e. The molecule has 0 bridgehead atoms. The van der Waals surface area contributed by atoms with E-state index in [0.29, 0.717) is 4.91 Å². The summed E-state index contributed by atoms with van der Waals surface area (Å²) >= 11 is 3.10. The Morgan fingerprint density at radius 1 is 1.50 bits per heavy atom. The number of oxime groups is 1. The number of carboxylic acids is 1. The molecular formula is C14H13N6NaO6S3. The minimum absolute atomic E-state index is 0. The summed E-state index contributed by atoms with van der Waals surface area (Å²) < 4.78 is 3.77. The first kappa shape index (κ1) is 24.6. The zero-order valence-corrected chi connectivity index (χ0v) is 19.8. The van der Waals surface area contributed by atoms with Gasteiger partial charge in [-0.05, 0) is 5.41 Å². The van der Waals surface area contributed by atoms with Crippen LogP contribution in [0.15, 0.2) is 27.2 Å². The van der Waals surface area contributed by atoms with Crippen LogP contribution in [0.3, 0.4) is 0 Å². The number of fused-ring (bicyclic) bond motifs is 1. The summed E-state index contributed by atoms with van der Waals surface area (Å²) in [6.45, 7) is -0.207. The fourth-order valence-corrected chi connectivity index (χ4v) is 5.32. The monoisotopic (exact) mass is 480 g/mol. The van der Waals surface area contributed by atoms with Crippen LogP contribution in [0.2, 0.25) is 0 Å². The first-order valence-corrected chi connectivity index (χ1v) is 10.5. The molecule has 2 aliphatic rings. The number of aliphatic carboxylic acids is 1. The van der Waals surface area contributed by atoms with E-state index in [9.17, 15) is 19.5 Å². The quantitative estimate of drug-likeness (QED) is 0.0958. The molecule has 1 saturated heterocycles. The molecule has 154 valence electrons. The van der Waals surface area contributed by atoms with Gasteiger partial charge in [0.15, 0.2) is 5.13 Å². The van der Waals surface area contributed by atoms with E-state index in [1.807, 2.05) is 0 Å². The molecule has 0 spiro atoms. The van der Waals surface area contributed by atoms with Crippen LogP contribution in [-0.4, -0.2) is 71.8 Å².